The van der Waals surface area contributed by atoms with Crippen molar-refractivity contribution >= 4 is 38.9 Å². The van der Waals surface area contributed by atoms with Crippen LogP contribution in [0.2, 0.25) is 0 Å². The first-order valence-corrected chi connectivity index (χ1v) is 9.57. The zero-order valence-electron chi connectivity index (χ0n) is 13.1. The summed E-state index contributed by atoms with van der Waals surface area (Å²) < 4.78 is 26.9. The van der Waals surface area contributed by atoms with Crippen molar-refractivity contribution in [2.45, 2.75) is 11.8 Å². The van der Waals surface area contributed by atoms with E-state index in [9.17, 15) is 13.2 Å². The number of aryl methyl sites for hydroxylation is 1. The van der Waals surface area contributed by atoms with Gasteiger partial charge in [0.15, 0.2) is 0 Å². The van der Waals surface area contributed by atoms with Crippen molar-refractivity contribution in [1.82, 2.24) is 9.97 Å². The summed E-state index contributed by atoms with van der Waals surface area (Å²) in [5, 5.41) is 4.59. The molecule has 2 heterocycles. The SMILES string of the molecule is Cc1ccsc1C(=O)Nc1ccc(S(=O)(=O)Nc2ncccn2)cc1. The number of rotatable bonds is 5. The van der Waals surface area contributed by atoms with Crippen molar-refractivity contribution in [2.24, 2.45) is 0 Å². The number of benzene rings is 1. The third kappa shape index (κ3) is 4.01. The highest BCUT2D eigenvalue weighted by Gasteiger charge is 2.16. The number of thiophene rings is 1. The van der Waals surface area contributed by atoms with Gasteiger partial charge < -0.3 is 5.32 Å². The molecule has 2 aromatic heterocycles. The Balaban J connectivity index is 1.73. The Hall–Kier alpha value is -2.78. The lowest BCUT2D eigenvalue weighted by molar-refractivity contribution is 0.103. The molecule has 2 N–H and O–H groups in total. The molecule has 0 saturated carbocycles. The molecule has 128 valence electrons. The number of aromatic nitrogens is 2. The second-order valence-electron chi connectivity index (χ2n) is 5.09. The molecule has 0 aliphatic heterocycles. The van der Waals surface area contributed by atoms with Crippen LogP contribution in [-0.2, 0) is 10.0 Å². The molecule has 7 nitrogen and oxygen atoms in total. The van der Waals surface area contributed by atoms with Gasteiger partial charge in [-0.05, 0) is 54.3 Å². The molecule has 0 aliphatic carbocycles. The van der Waals surface area contributed by atoms with Crippen LogP contribution in [0.1, 0.15) is 15.2 Å². The monoisotopic (exact) mass is 374 g/mol. The molecule has 0 fully saturated rings. The smallest absolute Gasteiger partial charge is 0.265 e. The van der Waals surface area contributed by atoms with Crippen molar-refractivity contribution in [3.8, 4) is 0 Å². The second kappa shape index (κ2) is 6.99. The van der Waals surface area contributed by atoms with Gasteiger partial charge in [-0.1, -0.05) is 0 Å². The summed E-state index contributed by atoms with van der Waals surface area (Å²) in [5.41, 5.74) is 1.40. The zero-order valence-corrected chi connectivity index (χ0v) is 14.8. The minimum absolute atomic E-state index is 0.00644. The van der Waals surface area contributed by atoms with Crippen LogP contribution in [0.5, 0.6) is 0 Å². The summed E-state index contributed by atoms with van der Waals surface area (Å²) in [4.78, 5) is 20.5. The lowest BCUT2D eigenvalue weighted by atomic mass is 10.2. The van der Waals surface area contributed by atoms with E-state index in [0.717, 1.165) is 5.56 Å². The first kappa shape index (κ1) is 17.1. The van der Waals surface area contributed by atoms with Crippen molar-refractivity contribution < 1.29 is 13.2 Å². The molecule has 25 heavy (non-hydrogen) atoms. The number of hydrogen-bond acceptors (Lipinski definition) is 6. The molecule has 0 spiro atoms. The zero-order chi connectivity index (χ0) is 17.9. The summed E-state index contributed by atoms with van der Waals surface area (Å²) in [6.07, 6.45) is 2.88. The lowest BCUT2D eigenvalue weighted by Gasteiger charge is -2.08. The molecule has 0 aliphatic rings. The van der Waals surface area contributed by atoms with Gasteiger partial charge in [-0.2, -0.15) is 0 Å². The van der Waals surface area contributed by atoms with Crippen molar-refractivity contribution in [3.63, 3.8) is 0 Å². The Labute approximate surface area is 148 Å². The Morgan fingerprint density at radius 2 is 1.76 bits per heavy atom. The number of nitrogens with zero attached hydrogens (tertiary/aromatic N) is 2. The first-order valence-electron chi connectivity index (χ1n) is 7.21. The van der Waals surface area contributed by atoms with Crippen LogP contribution in [0, 0.1) is 6.92 Å². The Kier molecular flexibility index (Phi) is 4.77. The summed E-state index contributed by atoms with van der Waals surface area (Å²) in [5.74, 6) is -0.230. The molecular weight excluding hydrogens is 360 g/mol. The quantitative estimate of drug-likeness (QED) is 0.715. The van der Waals surface area contributed by atoms with Gasteiger partial charge in [-0.25, -0.2) is 23.1 Å². The van der Waals surface area contributed by atoms with Gasteiger partial charge in [0.1, 0.15) is 0 Å². The maximum atomic E-state index is 12.3. The van der Waals surface area contributed by atoms with Crippen LogP contribution >= 0.6 is 11.3 Å². The van der Waals surface area contributed by atoms with E-state index in [4.69, 9.17) is 0 Å². The van der Waals surface area contributed by atoms with Gasteiger partial charge in [-0.15, -0.1) is 11.3 Å². The fourth-order valence-corrected chi connectivity index (χ4v) is 3.82. The molecule has 1 amide bonds. The van der Waals surface area contributed by atoms with E-state index in [-0.39, 0.29) is 16.8 Å². The number of anilines is 2. The fraction of sp³-hybridized carbons (Fsp3) is 0.0625. The standard InChI is InChI=1S/C16H14N4O3S2/c1-11-7-10-24-14(11)15(21)19-12-3-5-13(6-4-12)25(22,23)20-16-17-8-2-9-18-16/h2-10H,1H3,(H,19,21)(H,17,18,20). The van der Waals surface area contributed by atoms with Gasteiger partial charge in [0, 0.05) is 18.1 Å². The topological polar surface area (TPSA) is 101 Å². The highest BCUT2D eigenvalue weighted by molar-refractivity contribution is 7.92. The molecule has 0 radical (unpaired) electrons. The molecular formula is C16H14N4O3S2. The third-order valence-electron chi connectivity index (χ3n) is 3.28. The molecule has 1 aromatic carbocycles. The van der Waals surface area contributed by atoms with Crippen LogP contribution in [0.15, 0.2) is 59.1 Å². The van der Waals surface area contributed by atoms with E-state index in [1.807, 2.05) is 18.4 Å². The Bertz CT molecular complexity index is 984. The van der Waals surface area contributed by atoms with Gasteiger partial charge in [0.2, 0.25) is 5.95 Å². The minimum Gasteiger partial charge on any atom is -0.321 e. The summed E-state index contributed by atoms with van der Waals surface area (Å²) in [6, 6.07) is 9.32. The molecule has 0 atom stereocenters. The summed E-state index contributed by atoms with van der Waals surface area (Å²) in [6.45, 7) is 1.86. The number of amides is 1. The highest BCUT2D eigenvalue weighted by Crippen LogP contribution is 2.20. The van der Waals surface area contributed by atoms with Gasteiger partial charge in [-0.3, -0.25) is 4.79 Å². The van der Waals surface area contributed by atoms with E-state index in [0.29, 0.717) is 10.6 Å². The maximum Gasteiger partial charge on any atom is 0.265 e. The molecule has 0 saturated heterocycles. The second-order valence-corrected chi connectivity index (χ2v) is 7.69. The predicted octanol–water partition coefficient (Wildman–Crippen LogP) is 2.90. The maximum absolute atomic E-state index is 12.3. The number of carbonyl (C=O) groups is 1. The predicted molar refractivity (Wildman–Crippen MR) is 96.3 cm³/mol. The van der Waals surface area contributed by atoms with Crippen molar-refractivity contribution in [1.29, 1.82) is 0 Å². The van der Waals surface area contributed by atoms with Crippen LogP contribution in [-0.4, -0.2) is 24.3 Å². The Morgan fingerprint density at radius 3 is 2.36 bits per heavy atom. The number of hydrogen-bond donors (Lipinski definition) is 2. The van der Waals surface area contributed by atoms with E-state index in [1.54, 1.807) is 6.07 Å². The molecule has 0 unspecified atom stereocenters. The molecule has 3 rings (SSSR count). The number of sulfonamides is 1. The van der Waals surface area contributed by atoms with Crippen molar-refractivity contribution in [3.05, 3.63) is 64.6 Å². The van der Waals surface area contributed by atoms with Gasteiger partial charge in [0.05, 0.1) is 9.77 Å². The molecule has 3 aromatic rings. The van der Waals surface area contributed by atoms with E-state index in [2.05, 4.69) is 20.0 Å². The minimum atomic E-state index is -3.79. The summed E-state index contributed by atoms with van der Waals surface area (Å²) in [7, 11) is -3.79. The van der Waals surface area contributed by atoms with Crippen LogP contribution in [0.25, 0.3) is 0 Å². The third-order valence-corrected chi connectivity index (χ3v) is 5.64. The average Bonchev–Trinajstić information content (AvgIpc) is 3.02. The fourth-order valence-electron chi connectivity index (χ4n) is 2.04. The van der Waals surface area contributed by atoms with Crippen LogP contribution in [0.4, 0.5) is 11.6 Å². The van der Waals surface area contributed by atoms with E-state index in [1.165, 1.54) is 48.0 Å². The van der Waals surface area contributed by atoms with Gasteiger partial charge >= 0.3 is 0 Å². The van der Waals surface area contributed by atoms with E-state index < -0.39 is 10.0 Å². The van der Waals surface area contributed by atoms with Gasteiger partial charge in [0.25, 0.3) is 15.9 Å². The summed E-state index contributed by atoms with van der Waals surface area (Å²) >= 11 is 1.35. The van der Waals surface area contributed by atoms with E-state index >= 15 is 0 Å². The molecule has 0 bridgehead atoms. The number of carbonyl (C=O) groups excluding carboxylic acids is 1. The highest BCUT2D eigenvalue weighted by atomic mass is 32.2. The molecule has 9 heteroatoms. The normalized spacial score (nSPS) is 11.1. The number of nitrogens with one attached hydrogen (secondary N) is 2. The first-order chi connectivity index (χ1) is 12.0. The average molecular weight is 374 g/mol. The van der Waals surface area contributed by atoms with Crippen molar-refractivity contribution in [2.75, 3.05) is 10.0 Å². The van der Waals surface area contributed by atoms with Crippen LogP contribution < -0.4 is 10.0 Å². The lowest BCUT2D eigenvalue weighted by Crippen LogP contribution is -2.15. The van der Waals surface area contributed by atoms with Crippen LogP contribution in [0.3, 0.4) is 0 Å². The Morgan fingerprint density at radius 1 is 1.08 bits per heavy atom. The largest absolute Gasteiger partial charge is 0.321 e.